The zero-order valence-corrected chi connectivity index (χ0v) is 9.60. The minimum absolute atomic E-state index is 0.544. The van der Waals surface area contributed by atoms with Crippen molar-refractivity contribution in [3.8, 4) is 0 Å². The van der Waals surface area contributed by atoms with Gasteiger partial charge in [0, 0.05) is 11.6 Å². The first kappa shape index (κ1) is 11.3. The Morgan fingerprint density at radius 3 is 2.43 bits per heavy atom. The Kier molecular flexibility index (Phi) is 4.18. The van der Waals surface area contributed by atoms with Crippen LogP contribution in [-0.2, 0) is 0 Å². The van der Waals surface area contributed by atoms with Gasteiger partial charge in [-0.3, -0.25) is 4.98 Å². The maximum atomic E-state index is 5.83. The molecule has 0 aliphatic carbocycles. The summed E-state index contributed by atoms with van der Waals surface area (Å²) in [6, 6.07) is 7.39. The second-order valence-electron chi connectivity index (χ2n) is 2.46. The lowest BCUT2D eigenvalue weighted by Gasteiger charge is -1.98. The van der Waals surface area contributed by atoms with Crippen LogP contribution in [0.2, 0.25) is 10.0 Å². The van der Waals surface area contributed by atoms with Gasteiger partial charge >= 0.3 is 0 Å². The number of pyridine rings is 1. The van der Waals surface area contributed by atoms with Gasteiger partial charge in [-0.2, -0.15) is 0 Å². The molecule has 3 heteroatoms. The van der Waals surface area contributed by atoms with E-state index in [-0.39, 0.29) is 0 Å². The predicted octanol–water partition coefficient (Wildman–Crippen LogP) is 4.57. The van der Waals surface area contributed by atoms with Crippen LogP contribution in [0.1, 0.15) is 13.8 Å². The molecule has 0 unspecified atom stereocenters. The molecule has 2 aromatic rings. The molecule has 0 saturated heterocycles. The highest BCUT2D eigenvalue weighted by Crippen LogP contribution is 2.26. The first-order valence-corrected chi connectivity index (χ1v) is 5.23. The molecule has 0 aliphatic heterocycles. The number of halogens is 2. The smallest absolute Gasteiger partial charge is 0.0717 e. The van der Waals surface area contributed by atoms with E-state index < -0.39 is 0 Å². The van der Waals surface area contributed by atoms with Gasteiger partial charge in [0.1, 0.15) is 0 Å². The first-order chi connectivity index (χ1) is 6.77. The lowest BCUT2D eigenvalue weighted by Crippen LogP contribution is -1.77. The third kappa shape index (κ3) is 2.37. The lowest BCUT2D eigenvalue weighted by atomic mass is 10.2. The van der Waals surface area contributed by atoms with Crippen LogP contribution >= 0.6 is 23.2 Å². The van der Waals surface area contributed by atoms with Crippen molar-refractivity contribution < 1.29 is 0 Å². The third-order valence-electron chi connectivity index (χ3n) is 1.65. The second-order valence-corrected chi connectivity index (χ2v) is 3.28. The molecule has 1 aromatic carbocycles. The topological polar surface area (TPSA) is 12.9 Å². The number of fused-ring (bicyclic) bond motifs is 1. The number of hydrogen-bond acceptors (Lipinski definition) is 1. The van der Waals surface area contributed by atoms with E-state index in [0.29, 0.717) is 10.0 Å². The van der Waals surface area contributed by atoms with Crippen molar-refractivity contribution in [3.05, 3.63) is 40.5 Å². The van der Waals surface area contributed by atoms with Gasteiger partial charge in [-0.25, -0.2) is 0 Å². The summed E-state index contributed by atoms with van der Waals surface area (Å²) in [6.45, 7) is 4.00. The Bertz CT molecular complexity index is 386. The van der Waals surface area contributed by atoms with E-state index >= 15 is 0 Å². The first-order valence-electron chi connectivity index (χ1n) is 4.47. The normalized spacial score (nSPS) is 9.43. The van der Waals surface area contributed by atoms with Crippen LogP contribution in [-0.4, -0.2) is 4.98 Å². The summed E-state index contributed by atoms with van der Waals surface area (Å²) in [7, 11) is 0. The van der Waals surface area contributed by atoms with Gasteiger partial charge in [0.15, 0.2) is 0 Å². The monoisotopic (exact) mass is 227 g/mol. The molecule has 0 radical (unpaired) electrons. The van der Waals surface area contributed by atoms with Crippen LogP contribution in [0, 0.1) is 0 Å². The van der Waals surface area contributed by atoms with E-state index in [0.717, 1.165) is 10.9 Å². The van der Waals surface area contributed by atoms with Crippen LogP contribution in [0.25, 0.3) is 10.9 Å². The Morgan fingerprint density at radius 1 is 1.07 bits per heavy atom. The SMILES string of the molecule is CC.Clc1cc2cccnc2cc1Cl. The van der Waals surface area contributed by atoms with Crippen molar-refractivity contribution in [2.24, 2.45) is 0 Å². The average Bonchev–Trinajstić information content (AvgIpc) is 2.23. The van der Waals surface area contributed by atoms with E-state index in [2.05, 4.69) is 4.98 Å². The molecule has 0 bridgehead atoms. The fourth-order valence-electron chi connectivity index (χ4n) is 1.07. The molecule has 1 heterocycles. The number of rotatable bonds is 0. The molecule has 1 nitrogen and oxygen atoms in total. The van der Waals surface area contributed by atoms with E-state index in [1.165, 1.54) is 0 Å². The molecule has 0 atom stereocenters. The van der Waals surface area contributed by atoms with Crippen molar-refractivity contribution in [3.63, 3.8) is 0 Å². The summed E-state index contributed by atoms with van der Waals surface area (Å²) < 4.78 is 0. The van der Waals surface area contributed by atoms with Crippen LogP contribution in [0.5, 0.6) is 0 Å². The van der Waals surface area contributed by atoms with E-state index in [1.807, 2.05) is 32.0 Å². The van der Waals surface area contributed by atoms with Crippen LogP contribution in [0.3, 0.4) is 0 Å². The predicted molar refractivity (Wildman–Crippen MR) is 63.1 cm³/mol. The van der Waals surface area contributed by atoms with E-state index in [4.69, 9.17) is 23.2 Å². The summed E-state index contributed by atoms with van der Waals surface area (Å²) in [5.41, 5.74) is 0.868. The lowest BCUT2D eigenvalue weighted by molar-refractivity contribution is 1.41. The highest BCUT2D eigenvalue weighted by molar-refractivity contribution is 6.42. The molecular formula is C11H11Cl2N. The Hall–Kier alpha value is -0.790. The van der Waals surface area contributed by atoms with Crippen molar-refractivity contribution in [2.75, 3.05) is 0 Å². The summed E-state index contributed by atoms with van der Waals surface area (Å²) >= 11 is 11.6. The van der Waals surface area contributed by atoms with Gasteiger partial charge in [-0.1, -0.05) is 43.1 Å². The highest BCUT2D eigenvalue weighted by atomic mass is 35.5. The summed E-state index contributed by atoms with van der Waals surface area (Å²) in [5, 5.41) is 2.12. The van der Waals surface area contributed by atoms with Gasteiger partial charge in [-0.15, -0.1) is 0 Å². The molecule has 0 spiro atoms. The third-order valence-corrected chi connectivity index (χ3v) is 2.37. The molecule has 2 rings (SSSR count). The molecule has 0 amide bonds. The molecule has 14 heavy (non-hydrogen) atoms. The summed E-state index contributed by atoms with van der Waals surface area (Å²) in [6.07, 6.45) is 1.73. The van der Waals surface area contributed by atoms with Crippen LogP contribution in [0.4, 0.5) is 0 Å². The minimum atomic E-state index is 0.544. The number of nitrogens with zero attached hydrogens (tertiary/aromatic N) is 1. The Balaban J connectivity index is 0.000000461. The van der Waals surface area contributed by atoms with Crippen molar-refractivity contribution >= 4 is 34.1 Å². The zero-order valence-electron chi connectivity index (χ0n) is 8.09. The van der Waals surface area contributed by atoms with Crippen molar-refractivity contribution in [2.45, 2.75) is 13.8 Å². The van der Waals surface area contributed by atoms with Gasteiger partial charge in [0.2, 0.25) is 0 Å². The summed E-state index contributed by atoms with van der Waals surface area (Å²) in [4.78, 5) is 4.14. The standard InChI is InChI=1S/C9H5Cl2N.C2H6/c10-7-4-6-2-1-3-12-9(6)5-8(7)11;1-2/h1-5H;1-2H3. The molecule has 1 aromatic heterocycles. The molecular weight excluding hydrogens is 217 g/mol. The highest BCUT2D eigenvalue weighted by Gasteiger charge is 1.99. The number of benzene rings is 1. The number of hydrogen-bond donors (Lipinski definition) is 0. The Labute approximate surface area is 93.7 Å². The van der Waals surface area contributed by atoms with Crippen LogP contribution < -0.4 is 0 Å². The fourth-order valence-corrected chi connectivity index (χ4v) is 1.40. The van der Waals surface area contributed by atoms with Gasteiger partial charge < -0.3 is 0 Å². The largest absolute Gasteiger partial charge is 0.256 e. The maximum Gasteiger partial charge on any atom is 0.0717 e. The molecule has 0 N–H and O–H groups in total. The van der Waals surface area contributed by atoms with E-state index in [1.54, 1.807) is 12.3 Å². The average molecular weight is 228 g/mol. The van der Waals surface area contributed by atoms with Crippen LogP contribution in [0.15, 0.2) is 30.5 Å². The summed E-state index contributed by atoms with van der Waals surface area (Å²) in [5.74, 6) is 0. The van der Waals surface area contributed by atoms with Crippen molar-refractivity contribution in [1.29, 1.82) is 0 Å². The molecule has 0 fully saturated rings. The minimum Gasteiger partial charge on any atom is -0.256 e. The zero-order chi connectivity index (χ0) is 10.6. The van der Waals surface area contributed by atoms with Crippen molar-refractivity contribution in [1.82, 2.24) is 4.98 Å². The quantitative estimate of drug-likeness (QED) is 0.643. The maximum absolute atomic E-state index is 5.83. The Morgan fingerprint density at radius 2 is 1.71 bits per heavy atom. The number of aromatic nitrogens is 1. The van der Waals surface area contributed by atoms with Gasteiger partial charge in [0.05, 0.1) is 15.6 Å². The molecule has 0 aliphatic rings. The van der Waals surface area contributed by atoms with Gasteiger partial charge in [0.25, 0.3) is 0 Å². The van der Waals surface area contributed by atoms with Gasteiger partial charge in [-0.05, 0) is 18.2 Å². The molecule has 0 saturated carbocycles. The second kappa shape index (κ2) is 5.18. The molecule has 74 valence electrons. The fraction of sp³-hybridized carbons (Fsp3) is 0.182. The van der Waals surface area contributed by atoms with E-state index in [9.17, 15) is 0 Å².